The lowest BCUT2D eigenvalue weighted by molar-refractivity contribution is 0.632. The molecule has 8 aromatic carbocycles. The summed E-state index contributed by atoms with van der Waals surface area (Å²) in [5, 5.41) is -3.55. The summed E-state index contributed by atoms with van der Waals surface area (Å²) >= 11 is 0. The van der Waals surface area contributed by atoms with E-state index in [4.69, 9.17) is 26.3 Å². The van der Waals surface area contributed by atoms with Crippen LogP contribution in [0.25, 0.3) is 88.3 Å². The SMILES string of the molecule is [2H]c1c([2H])c([2H])c(-c2c([2H])c([2H])c3oc(-c4c([2H])c([2H])c([2H])c(-c5ccccc5)c4[2H])c(-c4c5c([2H])c([2H])c([2H])c([2H])c5c(-c5c([2H])c([2H])c([2H])c([2H])c5[2H])c5c([2H])c([2H])c([2H])c([2H])c45)c3c2[2H])c([2H])c1[2H]. The van der Waals surface area contributed by atoms with Crippen molar-refractivity contribution in [2.45, 2.75) is 0 Å². The van der Waals surface area contributed by atoms with E-state index in [9.17, 15) is 12.3 Å². The van der Waals surface area contributed by atoms with Gasteiger partial charge < -0.3 is 4.42 Å². The maximum Gasteiger partial charge on any atom is 0.143 e. The van der Waals surface area contributed by atoms with Crippen LogP contribution in [0.15, 0.2) is 186 Å². The fraction of sp³-hybridized carbons (Fsp3) is 0. The number of hydrogen-bond donors (Lipinski definition) is 0. The average molecular weight is 624 g/mol. The van der Waals surface area contributed by atoms with Gasteiger partial charge in [0.15, 0.2) is 0 Å². The van der Waals surface area contributed by atoms with Crippen LogP contribution in [0.4, 0.5) is 0 Å². The van der Waals surface area contributed by atoms with Gasteiger partial charge >= 0.3 is 0 Å². The van der Waals surface area contributed by atoms with Gasteiger partial charge in [-0.3, -0.25) is 0 Å². The molecule has 0 spiro atoms. The molecule has 1 heterocycles. The lowest BCUT2D eigenvalue weighted by Crippen LogP contribution is -1.91. The highest BCUT2D eigenvalue weighted by Crippen LogP contribution is 2.50. The van der Waals surface area contributed by atoms with Crippen LogP contribution in [0.5, 0.6) is 0 Å². The van der Waals surface area contributed by atoms with Gasteiger partial charge in [-0.25, -0.2) is 0 Å². The van der Waals surface area contributed by atoms with Crippen molar-refractivity contribution in [1.29, 1.82) is 0 Å². The minimum Gasteiger partial charge on any atom is -0.455 e. The summed E-state index contributed by atoms with van der Waals surface area (Å²) in [7, 11) is 0. The molecule has 0 atom stereocenters. The summed E-state index contributed by atoms with van der Waals surface area (Å²) in [6, 6.07) is -15.1. The van der Waals surface area contributed by atoms with Crippen molar-refractivity contribution < 1.29 is 38.7 Å². The fourth-order valence-electron chi connectivity index (χ4n) is 5.53. The van der Waals surface area contributed by atoms with Crippen LogP contribution < -0.4 is 0 Å². The van der Waals surface area contributed by atoms with Crippen molar-refractivity contribution in [3.8, 4) is 55.8 Å². The standard InChI is InChI=1S/C46H30O/c1-4-15-31(16-5-1)34-21-14-22-36(29-34)46-45(41-30-35(27-28-42(41)47-46)32-17-6-2-7-18-32)44-39-25-12-10-23-37(39)43(33-19-8-3-9-20-33)38-24-11-13-26-40(38)44/h1-30H/i2D,3D,6D,7D,8D,9D,10D,11D,12D,13D,14D,17D,18D,19D,20D,21D,22D,23D,24D,25D,26D,27D,28D,29D,30D. The predicted molar refractivity (Wildman–Crippen MR) is 198 cm³/mol. The second-order valence-corrected chi connectivity index (χ2v) is 10.1. The molecular weight excluding hydrogens is 569 g/mol. The van der Waals surface area contributed by atoms with Gasteiger partial charge in [-0.15, -0.1) is 0 Å². The molecule has 0 fully saturated rings. The molecule has 0 aliphatic carbocycles. The molecule has 0 saturated heterocycles. The van der Waals surface area contributed by atoms with E-state index in [0.717, 1.165) is 0 Å². The quantitative estimate of drug-likeness (QED) is 0.174. The van der Waals surface area contributed by atoms with E-state index >= 15 is 0 Å². The van der Waals surface area contributed by atoms with Crippen LogP contribution in [0.2, 0.25) is 0 Å². The molecule has 0 aliphatic rings. The monoisotopic (exact) mass is 623 g/mol. The summed E-state index contributed by atoms with van der Waals surface area (Å²) < 4.78 is 232. The van der Waals surface area contributed by atoms with Crippen LogP contribution in [0.1, 0.15) is 34.3 Å². The van der Waals surface area contributed by atoms with Crippen LogP contribution in [-0.2, 0) is 0 Å². The zero-order valence-corrected chi connectivity index (χ0v) is 23.8. The Kier molecular flexibility index (Phi) is 2.86. The van der Waals surface area contributed by atoms with Crippen molar-refractivity contribution in [3.05, 3.63) is 181 Å². The Morgan fingerprint density at radius 3 is 1.53 bits per heavy atom. The molecule has 0 amide bonds. The van der Waals surface area contributed by atoms with Crippen molar-refractivity contribution in [2.24, 2.45) is 0 Å². The minimum absolute atomic E-state index is 0.182. The molecule has 1 aromatic heterocycles. The second-order valence-electron chi connectivity index (χ2n) is 10.1. The molecule has 0 radical (unpaired) electrons. The Morgan fingerprint density at radius 1 is 0.340 bits per heavy atom. The van der Waals surface area contributed by atoms with Crippen molar-refractivity contribution in [1.82, 2.24) is 0 Å². The van der Waals surface area contributed by atoms with Gasteiger partial charge in [-0.1, -0.05) is 163 Å². The fourth-order valence-corrected chi connectivity index (χ4v) is 5.53. The second kappa shape index (κ2) is 11.3. The third kappa shape index (κ3) is 4.64. The third-order valence-electron chi connectivity index (χ3n) is 7.50. The Hall–Kier alpha value is -6.18. The molecule has 0 bridgehead atoms. The van der Waals surface area contributed by atoms with Gasteiger partial charge in [0.05, 0.1) is 34.3 Å². The number of fused-ring (bicyclic) bond motifs is 3. The van der Waals surface area contributed by atoms with E-state index in [2.05, 4.69) is 0 Å². The molecule has 1 nitrogen and oxygen atoms in total. The van der Waals surface area contributed by atoms with E-state index in [-0.39, 0.29) is 11.1 Å². The van der Waals surface area contributed by atoms with Crippen LogP contribution in [0, 0.1) is 0 Å². The Balaban J connectivity index is 1.70. The topological polar surface area (TPSA) is 13.1 Å². The highest BCUT2D eigenvalue weighted by atomic mass is 16.3. The maximum absolute atomic E-state index is 9.92. The van der Waals surface area contributed by atoms with Crippen LogP contribution in [-0.4, -0.2) is 0 Å². The van der Waals surface area contributed by atoms with E-state index in [1.54, 1.807) is 18.2 Å². The predicted octanol–water partition coefficient (Wildman–Crippen LogP) is 13.1. The first-order chi connectivity index (χ1) is 33.7. The summed E-state index contributed by atoms with van der Waals surface area (Å²) in [5.41, 5.74) is -5.89. The Bertz CT molecular complexity index is 3840. The molecule has 0 aliphatic heterocycles. The van der Waals surface area contributed by atoms with Gasteiger partial charge in [0, 0.05) is 22.1 Å². The zero-order chi connectivity index (χ0) is 52.9. The summed E-state index contributed by atoms with van der Waals surface area (Å²) in [5.74, 6) is -0.789. The number of furan rings is 1. The third-order valence-corrected chi connectivity index (χ3v) is 7.50. The minimum atomic E-state index is -0.991. The van der Waals surface area contributed by atoms with Crippen molar-refractivity contribution in [2.75, 3.05) is 0 Å². The number of rotatable bonds is 5. The molecule has 47 heavy (non-hydrogen) atoms. The number of hydrogen-bond acceptors (Lipinski definition) is 1. The van der Waals surface area contributed by atoms with E-state index in [1.807, 2.05) is 0 Å². The van der Waals surface area contributed by atoms with Gasteiger partial charge in [-0.05, 0) is 73.1 Å². The van der Waals surface area contributed by atoms with Gasteiger partial charge in [0.25, 0.3) is 0 Å². The molecule has 0 saturated carbocycles. The normalized spacial score (nSPS) is 18.9. The van der Waals surface area contributed by atoms with Crippen molar-refractivity contribution in [3.63, 3.8) is 0 Å². The lowest BCUT2D eigenvalue weighted by Gasteiger charge is -2.18. The van der Waals surface area contributed by atoms with Gasteiger partial charge in [-0.2, -0.15) is 0 Å². The van der Waals surface area contributed by atoms with E-state index < -0.39 is 228 Å². The Labute approximate surface area is 309 Å². The average Bonchev–Trinajstić information content (AvgIpc) is 3.75. The summed E-state index contributed by atoms with van der Waals surface area (Å²) in [6.07, 6.45) is 0. The van der Waals surface area contributed by atoms with Crippen LogP contribution in [0.3, 0.4) is 0 Å². The van der Waals surface area contributed by atoms with E-state index in [0.29, 0.717) is 0 Å². The summed E-state index contributed by atoms with van der Waals surface area (Å²) in [4.78, 5) is 0. The molecule has 220 valence electrons. The Morgan fingerprint density at radius 2 is 0.872 bits per heavy atom. The first-order valence-electron chi connectivity index (χ1n) is 26.6. The summed E-state index contributed by atoms with van der Waals surface area (Å²) in [6.45, 7) is 0. The van der Waals surface area contributed by atoms with E-state index in [1.165, 1.54) is 12.1 Å². The molecule has 1 heteroatoms. The molecule has 9 aromatic rings. The molecule has 0 unspecified atom stereocenters. The maximum atomic E-state index is 9.92. The van der Waals surface area contributed by atoms with Crippen LogP contribution >= 0.6 is 0 Å². The molecule has 9 rings (SSSR count). The lowest BCUT2D eigenvalue weighted by atomic mass is 9.84. The largest absolute Gasteiger partial charge is 0.455 e. The van der Waals surface area contributed by atoms with Gasteiger partial charge in [0.2, 0.25) is 0 Å². The zero-order valence-electron chi connectivity index (χ0n) is 48.8. The highest BCUT2D eigenvalue weighted by molar-refractivity contribution is 6.25. The number of benzene rings is 8. The highest BCUT2D eigenvalue weighted by Gasteiger charge is 2.24. The first kappa shape index (κ1) is 11.9. The van der Waals surface area contributed by atoms with Crippen molar-refractivity contribution >= 4 is 32.5 Å². The molecular formula is C46H30O. The smallest absolute Gasteiger partial charge is 0.143 e. The molecule has 0 N–H and O–H groups in total. The van der Waals surface area contributed by atoms with Gasteiger partial charge in [0.1, 0.15) is 11.3 Å². The first-order valence-corrected chi connectivity index (χ1v) is 14.1.